The second-order valence-corrected chi connectivity index (χ2v) is 8.15. The van der Waals surface area contributed by atoms with Crippen LogP contribution in [0, 0.1) is 5.92 Å². The van der Waals surface area contributed by atoms with E-state index in [2.05, 4.69) is 19.2 Å². The first-order chi connectivity index (χ1) is 9.93. The summed E-state index contributed by atoms with van der Waals surface area (Å²) in [5.74, 6) is 0.577. The third-order valence-corrected chi connectivity index (χ3v) is 5.98. The van der Waals surface area contributed by atoms with Gasteiger partial charge >= 0.3 is 0 Å². The second-order valence-electron chi connectivity index (χ2n) is 6.21. The van der Waals surface area contributed by atoms with Crippen LogP contribution in [0.3, 0.4) is 0 Å². The van der Waals surface area contributed by atoms with Crippen molar-refractivity contribution in [3.63, 3.8) is 0 Å². The molecule has 0 unspecified atom stereocenters. The van der Waals surface area contributed by atoms with Crippen molar-refractivity contribution in [3.8, 4) is 0 Å². The van der Waals surface area contributed by atoms with Crippen LogP contribution in [0.25, 0.3) is 0 Å². The van der Waals surface area contributed by atoms with Crippen molar-refractivity contribution in [2.75, 3.05) is 20.1 Å². The summed E-state index contributed by atoms with van der Waals surface area (Å²) in [6.07, 6.45) is 2.73. The van der Waals surface area contributed by atoms with Crippen LogP contribution in [0.15, 0.2) is 29.2 Å². The van der Waals surface area contributed by atoms with E-state index in [-0.39, 0.29) is 0 Å². The molecule has 1 aromatic carbocycles. The number of benzene rings is 1. The molecule has 5 heteroatoms. The Balaban J connectivity index is 2.09. The maximum absolute atomic E-state index is 12.6. The molecule has 0 atom stereocenters. The summed E-state index contributed by atoms with van der Waals surface area (Å²) >= 11 is 0. The summed E-state index contributed by atoms with van der Waals surface area (Å²) in [6.45, 7) is 5.52. The van der Waals surface area contributed by atoms with Gasteiger partial charge in [-0.3, -0.25) is 0 Å². The van der Waals surface area contributed by atoms with Crippen molar-refractivity contribution in [1.82, 2.24) is 9.62 Å². The minimum absolute atomic E-state index is 0.415. The molecule has 1 aromatic rings. The summed E-state index contributed by atoms with van der Waals surface area (Å²) in [6, 6.07) is 7.80. The third kappa shape index (κ3) is 4.05. The van der Waals surface area contributed by atoms with Gasteiger partial charge < -0.3 is 5.32 Å². The molecule has 1 fully saturated rings. The molecule has 1 aliphatic heterocycles. The van der Waals surface area contributed by atoms with E-state index in [1.165, 1.54) is 5.56 Å². The van der Waals surface area contributed by atoms with E-state index in [1.807, 2.05) is 19.2 Å². The molecule has 1 heterocycles. The van der Waals surface area contributed by atoms with E-state index in [1.54, 1.807) is 16.4 Å². The predicted molar refractivity (Wildman–Crippen MR) is 85.8 cm³/mol. The van der Waals surface area contributed by atoms with Crippen LogP contribution in [0.5, 0.6) is 0 Å². The molecule has 1 saturated heterocycles. The van der Waals surface area contributed by atoms with Gasteiger partial charge in [0.25, 0.3) is 0 Å². The molecule has 2 rings (SSSR count). The molecule has 118 valence electrons. The minimum atomic E-state index is -3.33. The van der Waals surface area contributed by atoms with Crippen LogP contribution >= 0.6 is 0 Å². The van der Waals surface area contributed by atoms with E-state index in [4.69, 9.17) is 0 Å². The molecular formula is C16H26N2O2S. The quantitative estimate of drug-likeness (QED) is 0.907. The predicted octanol–water partition coefficient (Wildman–Crippen LogP) is 2.26. The number of nitrogens with zero attached hydrogens (tertiary/aromatic N) is 1. The molecule has 0 amide bonds. The molecule has 0 bridgehead atoms. The van der Waals surface area contributed by atoms with Crippen LogP contribution in [0.2, 0.25) is 0 Å². The van der Waals surface area contributed by atoms with Gasteiger partial charge in [-0.1, -0.05) is 26.0 Å². The monoisotopic (exact) mass is 310 g/mol. The minimum Gasteiger partial charge on any atom is -0.317 e. The van der Waals surface area contributed by atoms with Crippen molar-refractivity contribution in [3.05, 3.63) is 29.8 Å². The molecular weight excluding hydrogens is 284 g/mol. The molecule has 4 nitrogen and oxygen atoms in total. The van der Waals surface area contributed by atoms with Gasteiger partial charge in [-0.15, -0.1) is 0 Å². The average molecular weight is 310 g/mol. The van der Waals surface area contributed by atoms with Gasteiger partial charge in [0, 0.05) is 19.1 Å². The Morgan fingerprint density at radius 2 is 1.76 bits per heavy atom. The molecule has 0 radical (unpaired) electrons. The zero-order valence-corrected chi connectivity index (χ0v) is 14.0. The lowest BCUT2D eigenvalue weighted by atomic mass is 10.0. The van der Waals surface area contributed by atoms with E-state index >= 15 is 0 Å². The molecule has 0 aliphatic carbocycles. The lowest BCUT2D eigenvalue weighted by molar-refractivity contribution is 0.298. The van der Waals surface area contributed by atoms with Crippen LogP contribution in [0.1, 0.15) is 32.3 Å². The van der Waals surface area contributed by atoms with Crippen molar-refractivity contribution < 1.29 is 8.42 Å². The van der Waals surface area contributed by atoms with E-state index in [0.717, 1.165) is 19.3 Å². The zero-order chi connectivity index (χ0) is 15.5. The van der Waals surface area contributed by atoms with Crippen LogP contribution < -0.4 is 5.32 Å². The Kier molecular flexibility index (Phi) is 5.41. The topological polar surface area (TPSA) is 49.4 Å². The van der Waals surface area contributed by atoms with Gasteiger partial charge in [0.1, 0.15) is 0 Å². The maximum Gasteiger partial charge on any atom is 0.243 e. The molecule has 0 spiro atoms. The van der Waals surface area contributed by atoms with Crippen LogP contribution in [-0.2, 0) is 16.4 Å². The van der Waals surface area contributed by atoms with Crippen molar-refractivity contribution in [1.29, 1.82) is 0 Å². The van der Waals surface area contributed by atoms with Gasteiger partial charge in [0.05, 0.1) is 4.90 Å². The first-order valence-electron chi connectivity index (χ1n) is 7.70. The maximum atomic E-state index is 12.6. The van der Waals surface area contributed by atoms with Crippen molar-refractivity contribution in [2.45, 2.75) is 44.0 Å². The van der Waals surface area contributed by atoms with Crippen LogP contribution in [0.4, 0.5) is 0 Å². The number of piperidine rings is 1. The fraction of sp³-hybridized carbons (Fsp3) is 0.625. The number of rotatable bonds is 5. The smallest absolute Gasteiger partial charge is 0.243 e. The lowest BCUT2D eigenvalue weighted by Crippen LogP contribution is -2.43. The fourth-order valence-corrected chi connectivity index (χ4v) is 4.27. The first-order valence-corrected chi connectivity index (χ1v) is 9.14. The van der Waals surface area contributed by atoms with Gasteiger partial charge in [-0.05, 0) is 49.9 Å². The Bertz CT molecular complexity index is 544. The average Bonchev–Trinajstić information content (AvgIpc) is 2.47. The van der Waals surface area contributed by atoms with Crippen molar-refractivity contribution >= 4 is 10.0 Å². The zero-order valence-electron chi connectivity index (χ0n) is 13.2. The normalized spacial score (nSPS) is 18.3. The van der Waals surface area contributed by atoms with Gasteiger partial charge in [0.15, 0.2) is 0 Å². The van der Waals surface area contributed by atoms with Gasteiger partial charge in [0.2, 0.25) is 10.0 Å². The second kappa shape index (κ2) is 6.90. The highest BCUT2D eigenvalue weighted by atomic mass is 32.2. The SMILES string of the molecule is CNC1CCN(S(=O)(=O)c2ccc(CC(C)C)cc2)CC1. The summed E-state index contributed by atoms with van der Waals surface area (Å²) in [4.78, 5) is 0.415. The number of hydrogen-bond acceptors (Lipinski definition) is 3. The lowest BCUT2D eigenvalue weighted by Gasteiger charge is -2.31. The highest BCUT2D eigenvalue weighted by Gasteiger charge is 2.28. The highest BCUT2D eigenvalue weighted by Crippen LogP contribution is 2.21. The Morgan fingerprint density at radius 1 is 1.19 bits per heavy atom. The Hall–Kier alpha value is -0.910. The first kappa shape index (κ1) is 16.5. The summed E-state index contributed by atoms with van der Waals surface area (Å²) in [5, 5.41) is 3.22. The summed E-state index contributed by atoms with van der Waals surface area (Å²) in [7, 11) is -1.40. The summed E-state index contributed by atoms with van der Waals surface area (Å²) in [5.41, 5.74) is 1.19. The number of nitrogens with one attached hydrogen (secondary N) is 1. The molecule has 0 aromatic heterocycles. The fourth-order valence-electron chi connectivity index (χ4n) is 2.80. The van der Waals surface area contributed by atoms with Gasteiger partial charge in [-0.2, -0.15) is 4.31 Å². The largest absolute Gasteiger partial charge is 0.317 e. The van der Waals surface area contributed by atoms with Gasteiger partial charge in [-0.25, -0.2) is 8.42 Å². The molecule has 0 saturated carbocycles. The van der Waals surface area contributed by atoms with Crippen LogP contribution in [-0.4, -0.2) is 38.9 Å². The molecule has 21 heavy (non-hydrogen) atoms. The summed E-state index contributed by atoms with van der Waals surface area (Å²) < 4.78 is 26.9. The highest BCUT2D eigenvalue weighted by molar-refractivity contribution is 7.89. The van der Waals surface area contributed by atoms with Crippen molar-refractivity contribution in [2.24, 2.45) is 5.92 Å². The van der Waals surface area contributed by atoms with E-state index in [9.17, 15) is 8.42 Å². The van der Waals surface area contributed by atoms with E-state index in [0.29, 0.717) is 29.9 Å². The molecule has 1 N–H and O–H groups in total. The Morgan fingerprint density at radius 3 is 2.24 bits per heavy atom. The Labute approximate surface area is 128 Å². The van der Waals surface area contributed by atoms with E-state index < -0.39 is 10.0 Å². The number of sulfonamides is 1. The third-order valence-electron chi connectivity index (χ3n) is 4.07. The number of hydrogen-bond donors (Lipinski definition) is 1. The standard InChI is InChI=1S/C16H26N2O2S/c1-13(2)12-14-4-6-16(7-5-14)21(19,20)18-10-8-15(17-3)9-11-18/h4-7,13,15,17H,8-12H2,1-3H3. The molecule has 1 aliphatic rings.